The molecule has 0 bridgehead atoms. The third kappa shape index (κ3) is 4.60. The van der Waals surface area contributed by atoms with Crippen LogP contribution < -0.4 is 10.0 Å². The van der Waals surface area contributed by atoms with E-state index in [-0.39, 0.29) is 18.2 Å². The average Bonchev–Trinajstić information content (AvgIpc) is 2.28. The molecule has 2 N–H and O–H groups in total. The SMILES string of the molecule is CNS(=O)(=O)CCNC(=O)c1ccc(Br)cc1S. The van der Waals surface area contributed by atoms with E-state index in [1.807, 2.05) is 0 Å². The molecule has 1 aromatic rings. The molecule has 1 aromatic carbocycles. The Morgan fingerprint density at radius 1 is 1.44 bits per heavy atom. The van der Waals surface area contributed by atoms with Crippen molar-refractivity contribution in [1.29, 1.82) is 0 Å². The third-order valence-electron chi connectivity index (χ3n) is 2.17. The normalized spacial score (nSPS) is 11.3. The molecule has 0 radical (unpaired) electrons. The molecular formula is C10H13BrN2O3S2. The van der Waals surface area contributed by atoms with Gasteiger partial charge in [-0.15, -0.1) is 12.6 Å². The fraction of sp³-hybridized carbons (Fsp3) is 0.300. The second kappa shape index (κ2) is 6.55. The third-order valence-corrected chi connectivity index (χ3v) is 4.40. The van der Waals surface area contributed by atoms with Crippen molar-refractivity contribution >= 4 is 44.5 Å². The molecule has 0 spiro atoms. The lowest BCUT2D eigenvalue weighted by molar-refractivity contribution is 0.0953. The van der Waals surface area contributed by atoms with Crippen LogP contribution in [-0.2, 0) is 10.0 Å². The van der Waals surface area contributed by atoms with E-state index in [0.717, 1.165) is 4.47 Å². The van der Waals surface area contributed by atoms with Crippen LogP contribution in [0.5, 0.6) is 0 Å². The standard InChI is InChI=1S/C10H13BrN2O3S2/c1-12-18(15,16)5-4-13-10(14)8-3-2-7(11)6-9(8)17/h2-3,6,12,17H,4-5H2,1H3,(H,13,14). The fourth-order valence-corrected chi connectivity index (χ4v) is 2.62. The van der Waals surface area contributed by atoms with Gasteiger partial charge in [-0.3, -0.25) is 4.79 Å². The number of halogens is 1. The molecule has 1 amide bonds. The average molecular weight is 353 g/mol. The highest BCUT2D eigenvalue weighted by atomic mass is 79.9. The van der Waals surface area contributed by atoms with Crippen molar-refractivity contribution in [1.82, 2.24) is 10.0 Å². The molecule has 8 heteroatoms. The zero-order valence-corrected chi connectivity index (χ0v) is 12.9. The Bertz CT molecular complexity index is 546. The van der Waals surface area contributed by atoms with Crippen molar-refractivity contribution in [3.05, 3.63) is 28.2 Å². The van der Waals surface area contributed by atoms with Gasteiger partial charge in [0.2, 0.25) is 10.0 Å². The van der Waals surface area contributed by atoms with Gasteiger partial charge in [-0.25, -0.2) is 13.1 Å². The number of benzene rings is 1. The van der Waals surface area contributed by atoms with E-state index in [1.54, 1.807) is 18.2 Å². The van der Waals surface area contributed by atoms with Crippen LogP contribution in [0.1, 0.15) is 10.4 Å². The highest BCUT2D eigenvalue weighted by Crippen LogP contribution is 2.19. The molecule has 0 unspecified atom stereocenters. The summed E-state index contributed by atoms with van der Waals surface area (Å²) in [6, 6.07) is 5.04. The first-order valence-corrected chi connectivity index (χ1v) is 7.93. The van der Waals surface area contributed by atoms with Gasteiger partial charge in [0.15, 0.2) is 0 Å². The topological polar surface area (TPSA) is 75.3 Å². The molecule has 0 aromatic heterocycles. The first-order chi connectivity index (χ1) is 8.35. The van der Waals surface area contributed by atoms with Crippen molar-refractivity contribution in [2.75, 3.05) is 19.3 Å². The molecule has 0 aliphatic rings. The van der Waals surface area contributed by atoms with Crippen LogP contribution in [0.4, 0.5) is 0 Å². The lowest BCUT2D eigenvalue weighted by Crippen LogP contribution is -2.33. The summed E-state index contributed by atoms with van der Waals surface area (Å²) in [6.07, 6.45) is 0. The lowest BCUT2D eigenvalue weighted by atomic mass is 10.2. The predicted molar refractivity (Wildman–Crippen MR) is 76.6 cm³/mol. The molecule has 0 atom stereocenters. The summed E-state index contributed by atoms with van der Waals surface area (Å²) in [5.41, 5.74) is 0.406. The Morgan fingerprint density at radius 2 is 2.11 bits per heavy atom. The molecule has 0 heterocycles. The quantitative estimate of drug-likeness (QED) is 0.692. The summed E-state index contributed by atoms with van der Waals surface area (Å²) < 4.78 is 25.3. The maximum atomic E-state index is 11.8. The Kier molecular flexibility index (Phi) is 5.64. The van der Waals surface area contributed by atoms with Crippen molar-refractivity contribution in [2.45, 2.75) is 4.90 Å². The summed E-state index contributed by atoms with van der Waals surface area (Å²) in [4.78, 5) is 12.3. The number of rotatable bonds is 5. The summed E-state index contributed by atoms with van der Waals surface area (Å²) in [6.45, 7) is 0.0469. The number of hydrogen-bond donors (Lipinski definition) is 3. The van der Waals surface area contributed by atoms with Crippen molar-refractivity contribution in [3.63, 3.8) is 0 Å². The van der Waals surface area contributed by atoms with Crippen LogP contribution in [0.25, 0.3) is 0 Å². The number of thiol groups is 1. The Hall–Kier alpha value is -0.570. The van der Waals surface area contributed by atoms with Crippen molar-refractivity contribution < 1.29 is 13.2 Å². The molecular weight excluding hydrogens is 340 g/mol. The first kappa shape index (κ1) is 15.5. The zero-order valence-electron chi connectivity index (χ0n) is 9.60. The van der Waals surface area contributed by atoms with Gasteiger partial charge < -0.3 is 5.32 Å². The molecule has 0 saturated carbocycles. The Morgan fingerprint density at radius 3 is 2.67 bits per heavy atom. The van der Waals surface area contributed by atoms with Crippen LogP contribution in [0, 0.1) is 0 Å². The smallest absolute Gasteiger partial charge is 0.252 e. The number of carbonyl (C=O) groups is 1. The highest BCUT2D eigenvalue weighted by Gasteiger charge is 2.11. The van der Waals surface area contributed by atoms with E-state index in [9.17, 15) is 13.2 Å². The van der Waals surface area contributed by atoms with Gasteiger partial charge in [-0.05, 0) is 25.2 Å². The van der Waals surface area contributed by atoms with Crippen LogP contribution in [0.3, 0.4) is 0 Å². The summed E-state index contributed by atoms with van der Waals surface area (Å²) >= 11 is 7.45. The maximum absolute atomic E-state index is 11.8. The summed E-state index contributed by atoms with van der Waals surface area (Å²) in [5, 5.41) is 2.53. The van der Waals surface area contributed by atoms with E-state index >= 15 is 0 Å². The van der Waals surface area contributed by atoms with Crippen LogP contribution in [0.2, 0.25) is 0 Å². The summed E-state index contributed by atoms with van der Waals surface area (Å²) in [5.74, 6) is -0.507. The minimum Gasteiger partial charge on any atom is -0.351 e. The Balaban J connectivity index is 2.61. The van der Waals surface area contributed by atoms with Crippen LogP contribution in [0.15, 0.2) is 27.6 Å². The number of hydrogen-bond acceptors (Lipinski definition) is 4. The highest BCUT2D eigenvalue weighted by molar-refractivity contribution is 9.10. The van der Waals surface area contributed by atoms with Crippen LogP contribution in [-0.4, -0.2) is 33.7 Å². The monoisotopic (exact) mass is 352 g/mol. The molecule has 1 rings (SSSR count). The first-order valence-electron chi connectivity index (χ1n) is 5.03. The number of sulfonamides is 1. The molecule has 100 valence electrons. The minimum absolute atomic E-state index is 0.0469. The van der Waals surface area contributed by atoms with Crippen molar-refractivity contribution in [2.24, 2.45) is 0 Å². The van der Waals surface area contributed by atoms with Crippen molar-refractivity contribution in [3.8, 4) is 0 Å². The van der Waals surface area contributed by atoms with Gasteiger partial charge in [0.05, 0.1) is 11.3 Å². The largest absolute Gasteiger partial charge is 0.351 e. The molecule has 0 saturated heterocycles. The minimum atomic E-state index is -3.31. The second-order valence-corrected chi connectivity index (χ2v) is 6.88. The van der Waals surface area contributed by atoms with E-state index in [1.165, 1.54) is 7.05 Å². The van der Waals surface area contributed by atoms with E-state index in [2.05, 4.69) is 38.6 Å². The maximum Gasteiger partial charge on any atom is 0.252 e. The van der Waals surface area contributed by atoms with Crippen LogP contribution >= 0.6 is 28.6 Å². The zero-order chi connectivity index (χ0) is 13.8. The predicted octanol–water partition coefficient (Wildman–Crippen LogP) is 1.02. The van der Waals surface area contributed by atoms with Gasteiger partial charge in [0.25, 0.3) is 5.91 Å². The number of nitrogens with one attached hydrogen (secondary N) is 2. The molecule has 0 fully saturated rings. The number of amides is 1. The summed E-state index contributed by atoms with van der Waals surface area (Å²) in [7, 11) is -1.97. The molecule has 0 aliphatic carbocycles. The molecule has 0 aliphatic heterocycles. The molecule has 5 nitrogen and oxygen atoms in total. The van der Waals surface area contributed by atoms with Gasteiger partial charge in [0, 0.05) is 15.9 Å². The van der Waals surface area contributed by atoms with Gasteiger partial charge >= 0.3 is 0 Å². The van der Waals surface area contributed by atoms with E-state index in [0.29, 0.717) is 10.5 Å². The second-order valence-electron chi connectivity index (χ2n) is 3.44. The number of carbonyl (C=O) groups excluding carboxylic acids is 1. The van der Waals surface area contributed by atoms with Gasteiger partial charge in [-0.2, -0.15) is 0 Å². The van der Waals surface area contributed by atoms with E-state index in [4.69, 9.17) is 0 Å². The van der Waals surface area contributed by atoms with Gasteiger partial charge in [-0.1, -0.05) is 15.9 Å². The van der Waals surface area contributed by atoms with E-state index < -0.39 is 10.0 Å². The lowest BCUT2D eigenvalue weighted by Gasteiger charge is -2.07. The Labute approximate surface area is 120 Å². The van der Waals surface area contributed by atoms with Gasteiger partial charge in [0.1, 0.15) is 0 Å². The fourth-order valence-electron chi connectivity index (χ4n) is 1.19. The molecule has 18 heavy (non-hydrogen) atoms.